The molecule has 3 aromatic rings. The highest BCUT2D eigenvalue weighted by Gasteiger charge is 2.37. The summed E-state index contributed by atoms with van der Waals surface area (Å²) >= 11 is 1.23. The third-order valence-corrected chi connectivity index (χ3v) is 6.67. The van der Waals surface area contributed by atoms with Crippen LogP contribution in [0.15, 0.2) is 71.8 Å². The topological polar surface area (TPSA) is 118 Å². The second kappa shape index (κ2) is 11.8. The zero-order chi connectivity index (χ0) is 27.2. The Bertz CT molecular complexity index is 1400. The van der Waals surface area contributed by atoms with E-state index in [1.165, 1.54) is 55.1 Å². The van der Waals surface area contributed by atoms with Gasteiger partial charge in [-0.2, -0.15) is 5.10 Å². The number of Topliss-reactive ketones (excluding diaryl/α,β-unsaturated/α-hetero) is 1. The molecular weight excluding hydrogens is 513 g/mol. The lowest BCUT2D eigenvalue weighted by molar-refractivity contribution is -0.125. The van der Waals surface area contributed by atoms with Crippen LogP contribution in [0.3, 0.4) is 0 Å². The molecule has 0 saturated heterocycles. The monoisotopic (exact) mass is 537 g/mol. The van der Waals surface area contributed by atoms with Gasteiger partial charge in [-0.1, -0.05) is 36.0 Å². The van der Waals surface area contributed by atoms with Gasteiger partial charge >= 0.3 is 0 Å². The van der Waals surface area contributed by atoms with Gasteiger partial charge in [-0.05, 0) is 49.4 Å². The Morgan fingerprint density at radius 2 is 1.82 bits per heavy atom. The molecule has 1 aliphatic rings. The van der Waals surface area contributed by atoms with Crippen LogP contribution in [-0.2, 0) is 9.59 Å². The minimum atomic E-state index is -0.743. The summed E-state index contributed by atoms with van der Waals surface area (Å²) in [4.78, 5) is 36.7. The Hall–Kier alpha value is -4.38. The molecule has 1 unspecified atom stereocenters. The molecule has 38 heavy (non-hydrogen) atoms. The van der Waals surface area contributed by atoms with Crippen molar-refractivity contribution < 1.29 is 33.4 Å². The van der Waals surface area contributed by atoms with Gasteiger partial charge in [0.1, 0.15) is 27.8 Å². The van der Waals surface area contributed by atoms with Gasteiger partial charge < -0.3 is 19.9 Å². The van der Waals surface area contributed by atoms with E-state index >= 15 is 0 Å². The van der Waals surface area contributed by atoms with Crippen LogP contribution >= 0.6 is 11.8 Å². The normalized spacial score (nSPS) is 14.6. The molecule has 0 saturated carbocycles. The van der Waals surface area contributed by atoms with Crippen LogP contribution in [-0.4, -0.2) is 53.0 Å². The van der Waals surface area contributed by atoms with Crippen LogP contribution in [0, 0.1) is 5.82 Å². The van der Waals surface area contributed by atoms with Gasteiger partial charge in [-0.15, -0.1) is 0 Å². The van der Waals surface area contributed by atoms with E-state index in [2.05, 4.69) is 10.4 Å². The van der Waals surface area contributed by atoms with E-state index in [-0.39, 0.29) is 41.7 Å². The number of nitrogens with one attached hydrogen (secondary N) is 1. The number of carbonyl (C=O) groups is 3. The molecule has 196 valence electrons. The maximum atomic E-state index is 13.5. The first kappa shape index (κ1) is 26.7. The fourth-order valence-corrected chi connectivity index (χ4v) is 4.82. The second-order valence-electron chi connectivity index (χ2n) is 8.20. The number of nitrogens with zero attached hydrogens (tertiary/aromatic N) is 2. The second-order valence-corrected chi connectivity index (χ2v) is 9.26. The number of methoxy groups -OCH3 is 1. The van der Waals surface area contributed by atoms with Crippen molar-refractivity contribution in [3.05, 3.63) is 89.2 Å². The molecule has 9 nitrogen and oxygen atoms in total. The molecule has 1 heterocycles. The van der Waals surface area contributed by atoms with E-state index in [9.17, 15) is 23.9 Å². The van der Waals surface area contributed by atoms with Crippen molar-refractivity contribution in [3.8, 4) is 17.2 Å². The Morgan fingerprint density at radius 3 is 2.50 bits per heavy atom. The van der Waals surface area contributed by atoms with E-state index < -0.39 is 23.0 Å². The summed E-state index contributed by atoms with van der Waals surface area (Å²) in [5.74, 6) is -1.33. The van der Waals surface area contributed by atoms with Crippen molar-refractivity contribution in [2.24, 2.45) is 5.10 Å². The quantitative estimate of drug-likeness (QED) is 0.426. The largest absolute Gasteiger partial charge is 0.507 e. The molecule has 0 bridgehead atoms. The summed E-state index contributed by atoms with van der Waals surface area (Å²) in [6, 6.07) is 16.9. The zero-order valence-corrected chi connectivity index (χ0v) is 21.3. The lowest BCUT2D eigenvalue weighted by Crippen LogP contribution is -2.32. The minimum absolute atomic E-state index is 0.0516. The highest BCUT2D eigenvalue weighted by Crippen LogP contribution is 2.47. The number of ether oxygens (including phenoxy) is 2. The minimum Gasteiger partial charge on any atom is -0.507 e. The predicted octanol–water partition coefficient (Wildman–Crippen LogP) is 3.87. The Morgan fingerprint density at radius 1 is 1.08 bits per heavy atom. The van der Waals surface area contributed by atoms with Gasteiger partial charge in [0, 0.05) is 11.1 Å². The third-order valence-electron chi connectivity index (χ3n) is 5.45. The molecule has 0 fully saturated rings. The number of benzene rings is 3. The number of hydrogen-bond donors (Lipinski definition) is 2. The predicted molar refractivity (Wildman–Crippen MR) is 140 cm³/mol. The molecule has 0 spiro atoms. The number of ketones is 1. The SMILES string of the molecule is COc1c(OCC(=O)NCC(C)=O)cccc1C1SC(c2ccc(F)cc2)=NN1C(=O)c1ccccc1O. The molecule has 1 aliphatic heterocycles. The van der Waals surface area contributed by atoms with E-state index in [4.69, 9.17) is 9.47 Å². The lowest BCUT2D eigenvalue weighted by atomic mass is 10.1. The molecule has 2 amide bonds. The van der Waals surface area contributed by atoms with E-state index in [1.807, 2.05) is 0 Å². The lowest BCUT2D eigenvalue weighted by Gasteiger charge is -2.24. The van der Waals surface area contributed by atoms with Crippen molar-refractivity contribution in [1.82, 2.24) is 10.3 Å². The fourth-order valence-electron chi connectivity index (χ4n) is 3.65. The average Bonchev–Trinajstić information content (AvgIpc) is 3.36. The van der Waals surface area contributed by atoms with Crippen LogP contribution in [0.5, 0.6) is 17.2 Å². The Kier molecular flexibility index (Phi) is 8.27. The number of para-hydroxylation sites is 2. The van der Waals surface area contributed by atoms with Gasteiger partial charge in [0.2, 0.25) is 0 Å². The van der Waals surface area contributed by atoms with Gasteiger partial charge in [-0.25, -0.2) is 9.40 Å². The van der Waals surface area contributed by atoms with Crippen molar-refractivity contribution in [2.75, 3.05) is 20.3 Å². The number of phenolic OH excluding ortho intramolecular Hbond substituents is 1. The first-order chi connectivity index (χ1) is 18.3. The number of thioether (sulfide) groups is 1. The number of halogens is 1. The first-order valence-electron chi connectivity index (χ1n) is 11.5. The molecule has 0 aromatic heterocycles. The van der Waals surface area contributed by atoms with Crippen LogP contribution in [0.2, 0.25) is 0 Å². The highest BCUT2D eigenvalue weighted by molar-refractivity contribution is 8.14. The maximum absolute atomic E-state index is 13.5. The third kappa shape index (κ3) is 5.94. The standard InChI is InChI=1S/C27H24FN3O6S/c1-16(32)14-29-23(34)15-37-22-9-5-7-20(24(22)36-2)27-31(26(35)19-6-3-4-8-21(19)33)30-25(38-27)17-10-12-18(28)13-11-17/h3-13,27,33H,14-15H2,1-2H3,(H,29,34). The molecule has 0 aliphatic carbocycles. The van der Waals surface area contributed by atoms with Gasteiger partial charge in [0.15, 0.2) is 18.1 Å². The van der Waals surface area contributed by atoms with E-state index in [0.29, 0.717) is 16.2 Å². The van der Waals surface area contributed by atoms with Crippen LogP contribution in [0.4, 0.5) is 4.39 Å². The summed E-state index contributed by atoms with van der Waals surface area (Å²) in [6.45, 7) is 0.894. The first-order valence-corrected chi connectivity index (χ1v) is 12.3. The molecule has 4 rings (SSSR count). The molecule has 3 aromatic carbocycles. The molecular formula is C27H24FN3O6S. The Balaban J connectivity index is 1.68. The molecule has 2 N–H and O–H groups in total. The maximum Gasteiger partial charge on any atom is 0.279 e. The van der Waals surface area contributed by atoms with Crippen LogP contribution in [0.25, 0.3) is 0 Å². The smallest absolute Gasteiger partial charge is 0.279 e. The molecule has 1 atom stereocenters. The number of amides is 2. The molecule has 0 radical (unpaired) electrons. The summed E-state index contributed by atoms with van der Waals surface area (Å²) in [7, 11) is 1.43. The highest BCUT2D eigenvalue weighted by atomic mass is 32.2. The summed E-state index contributed by atoms with van der Waals surface area (Å²) in [5, 5.41) is 18.2. The van der Waals surface area contributed by atoms with Gasteiger partial charge in [-0.3, -0.25) is 14.4 Å². The fraction of sp³-hybridized carbons (Fsp3) is 0.185. The number of carbonyl (C=O) groups excluding carboxylic acids is 3. The number of hydrazone groups is 1. The van der Waals surface area contributed by atoms with Crippen molar-refractivity contribution in [2.45, 2.75) is 12.3 Å². The summed E-state index contributed by atoms with van der Waals surface area (Å²) in [5.41, 5.74) is 1.17. The van der Waals surface area contributed by atoms with Gasteiger partial charge in [0.05, 0.1) is 19.2 Å². The van der Waals surface area contributed by atoms with Crippen LogP contribution < -0.4 is 14.8 Å². The van der Waals surface area contributed by atoms with Crippen LogP contribution in [0.1, 0.15) is 33.8 Å². The van der Waals surface area contributed by atoms with Crippen molar-refractivity contribution in [3.63, 3.8) is 0 Å². The van der Waals surface area contributed by atoms with E-state index in [1.54, 1.807) is 42.5 Å². The average molecular weight is 538 g/mol. The zero-order valence-electron chi connectivity index (χ0n) is 20.5. The molecule has 11 heteroatoms. The van der Waals surface area contributed by atoms with E-state index in [0.717, 1.165) is 0 Å². The Labute approximate surface area is 222 Å². The van der Waals surface area contributed by atoms with Crippen molar-refractivity contribution in [1.29, 1.82) is 0 Å². The summed E-state index contributed by atoms with van der Waals surface area (Å²) < 4.78 is 24.8. The van der Waals surface area contributed by atoms with Gasteiger partial charge in [0.25, 0.3) is 11.8 Å². The summed E-state index contributed by atoms with van der Waals surface area (Å²) in [6.07, 6.45) is 0. The number of phenols is 1. The van der Waals surface area contributed by atoms with Crippen molar-refractivity contribution >= 4 is 34.4 Å². The number of aromatic hydroxyl groups is 1. The number of hydrogen-bond acceptors (Lipinski definition) is 8. The number of rotatable bonds is 9.